The summed E-state index contributed by atoms with van der Waals surface area (Å²) in [4.78, 5) is 12.5. The highest BCUT2D eigenvalue weighted by atomic mass is 32.2. The van der Waals surface area contributed by atoms with Gasteiger partial charge in [-0.3, -0.25) is 4.79 Å². The average Bonchev–Trinajstić information content (AvgIpc) is 3.07. The number of thioether (sulfide) groups is 1. The van der Waals surface area contributed by atoms with Gasteiger partial charge in [0.1, 0.15) is 5.75 Å². The number of carbonyl (C=O) groups is 1. The van der Waals surface area contributed by atoms with Gasteiger partial charge in [0, 0.05) is 12.7 Å². The van der Waals surface area contributed by atoms with E-state index in [1.165, 1.54) is 23.9 Å². The van der Waals surface area contributed by atoms with Gasteiger partial charge < -0.3 is 14.6 Å². The zero-order chi connectivity index (χ0) is 21.9. The lowest BCUT2D eigenvalue weighted by atomic mass is 10.2. The first-order chi connectivity index (χ1) is 14.2. The van der Waals surface area contributed by atoms with Crippen LogP contribution in [-0.4, -0.2) is 33.0 Å². The summed E-state index contributed by atoms with van der Waals surface area (Å²) in [5.74, 6) is 0.879. The summed E-state index contributed by atoms with van der Waals surface area (Å²) < 4.78 is 45.1. The van der Waals surface area contributed by atoms with E-state index in [2.05, 4.69) is 15.5 Å². The van der Waals surface area contributed by atoms with Gasteiger partial charge in [-0.05, 0) is 43.3 Å². The molecular formula is C20H19F3N4O2S. The zero-order valence-corrected chi connectivity index (χ0v) is 17.2. The quantitative estimate of drug-likeness (QED) is 0.571. The number of rotatable bonds is 6. The largest absolute Gasteiger partial charge is 0.496 e. The zero-order valence-electron chi connectivity index (χ0n) is 16.4. The summed E-state index contributed by atoms with van der Waals surface area (Å²) in [5.41, 5.74) is 0.280. The summed E-state index contributed by atoms with van der Waals surface area (Å²) in [5, 5.41) is 10.9. The number of nitrogens with zero attached hydrogens (tertiary/aromatic N) is 3. The molecule has 1 aromatic heterocycles. The maximum Gasteiger partial charge on any atom is 0.416 e. The molecule has 10 heteroatoms. The normalized spacial score (nSPS) is 12.5. The van der Waals surface area contributed by atoms with E-state index in [1.54, 1.807) is 25.6 Å². The van der Waals surface area contributed by atoms with Crippen molar-refractivity contribution in [1.82, 2.24) is 14.8 Å². The first-order valence-electron chi connectivity index (χ1n) is 8.88. The van der Waals surface area contributed by atoms with Crippen LogP contribution in [0, 0.1) is 0 Å². The summed E-state index contributed by atoms with van der Waals surface area (Å²) in [6.07, 6.45) is -4.42. The van der Waals surface area contributed by atoms with Crippen LogP contribution in [0.1, 0.15) is 12.5 Å². The Morgan fingerprint density at radius 3 is 2.43 bits per heavy atom. The second-order valence-electron chi connectivity index (χ2n) is 6.39. The number of anilines is 1. The molecular weight excluding hydrogens is 417 g/mol. The molecule has 6 nitrogen and oxygen atoms in total. The highest BCUT2D eigenvalue weighted by Gasteiger charge is 2.30. The van der Waals surface area contributed by atoms with Crippen LogP contribution >= 0.6 is 11.8 Å². The Labute approximate surface area is 175 Å². The third kappa shape index (κ3) is 4.76. The van der Waals surface area contributed by atoms with Crippen molar-refractivity contribution in [3.63, 3.8) is 0 Å². The van der Waals surface area contributed by atoms with Crippen LogP contribution in [0.4, 0.5) is 18.9 Å². The number of hydrogen-bond donors (Lipinski definition) is 1. The van der Waals surface area contributed by atoms with Crippen LogP contribution in [-0.2, 0) is 18.0 Å². The molecule has 0 fully saturated rings. The standard InChI is InChI=1S/C20H19F3N4O2S/c1-12(18(28)24-14-10-8-13(9-11-14)20(21,22)23)30-19-26-25-17(27(19)2)15-6-4-5-7-16(15)29-3/h4-12H,1-3H3,(H,24,28). The van der Waals surface area contributed by atoms with Crippen LogP contribution in [0.5, 0.6) is 5.75 Å². The maximum atomic E-state index is 12.6. The molecule has 0 radical (unpaired) electrons. The number of carbonyl (C=O) groups excluding carboxylic acids is 1. The molecule has 3 aromatic rings. The summed E-state index contributed by atoms with van der Waals surface area (Å²) in [6, 6.07) is 11.7. The second kappa shape index (κ2) is 8.78. The lowest BCUT2D eigenvalue weighted by Crippen LogP contribution is -2.23. The monoisotopic (exact) mass is 436 g/mol. The van der Waals surface area contributed by atoms with Gasteiger partial charge in [0.15, 0.2) is 11.0 Å². The van der Waals surface area contributed by atoms with E-state index >= 15 is 0 Å². The molecule has 1 unspecified atom stereocenters. The lowest BCUT2D eigenvalue weighted by molar-refractivity contribution is -0.137. The van der Waals surface area contributed by atoms with E-state index in [0.717, 1.165) is 17.7 Å². The van der Waals surface area contributed by atoms with E-state index in [1.807, 2.05) is 24.3 Å². The van der Waals surface area contributed by atoms with Gasteiger partial charge in [0.2, 0.25) is 5.91 Å². The molecule has 0 spiro atoms. The molecule has 0 saturated carbocycles. The highest BCUT2D eigenvalue weighted by Crippen LogP contribution is 2.32. The number of amides is 1. The van der Waals surface area contributed by atoms with Gasteiger partial charge in [-0.15, -0.1) is 10.2 Å². The molecule has 3 rings (SSSR count). The molecule has 1 atom stereocenters. The Morgan fingerprint density at radius 1 is 1.13 bits per heavy atom. The topological polar surface area (TPSA) is 69.0 Å². The Kier molecular flexibility index (Phi) is 6.35. The van der Waals surface area contributed by atoms with Gasteiger partial charge in [-0.1, -0.05) is 23.9 Å². The molecule has 1 N–H and O–H groups in total. The van der Waals surface area contributed by atoms with Crippen molar-refractivity contribution < 1.29 is 22.7 Å². The molecule has 0 aliphatic heterocycles. The number of alkyl halides is 3. The maximum absolute atomic E-state index is 12.6. The van der Waals surface area contributed by atoms with Crippen LogP contribution < -0.4 is 10.1 Å². The molecule has 0 aliphatic carbocycles. The predicted octanol–water partition coefficient (Wildman–Crippen LogP) is 4.63. The number of ether oxygens (including phenoxy) is 1. The van der Waals surface area contributed by atoms with Crippen molar-refractivity contribution in [2.75, 3.05) is 12.4 Å². The van der Waals surface area contributed by atoms with Crippen molar-refractivity contribution in [3.8, 4) is 17.1 Å². The number of hydrogen-bond acceptors (Lipinski definition) is 5. The molecule has 1 amide bonds. The van der Waals surface area contributed by atoms with E-state index in [9.17, 15) is 18.0 Å². The van der Waals surface area contributed by atoms with Gasteiger partial charge in [-0.2, -0.15) is 13.2 Å². The van der Waals surface area contributed by atoms with Crippen LogP contribution in [0.2, 0.25) is 0 Å². The SMILES string of the molecule is COc1ccccc1-c1nnc(SC(C)C(=O)Nc2ccc(C(F)(F)F)cc2)n1C. The van der Waals surface area contributed by atoms with Gasteiger partial charge in [0.05, 0.1) is 23.5 Å². The average molecular weight is 436 g/mol. The molecule has 2 aromatic carbocycles. The van der Waals surface area contributed by atoms with Crippen LogP contribution in [0.25, 0.3) is 11.4 Å². The molecule has 30 heavy (non-hydrogen) atoms. The predicted molar refractivity (Wildman–Crippen MR) is 108 cm³/mol. The van der Waals surface area contributed by atoms with Crippen molar-refractivity contribution in [1.29, 1.82) is 0 Å². The Hall–Kier alpha value is -3.01. The minimum absolute atomic E-state index is 0.285. The first-order valence-corrected chi connectivity index (χ1v) is 9.76. The van der Waals surface area contributed by atoms with E-state index in [0.29, 0.717) is 16.7 Å². The number of methoxy groups -OCH3 is 1. The Morgan fingerprint density at radius 2 is 1.80 bits per heavy atom. The van der Waals surface area contributed by atoms with E-state index in [4.69, 9.17) is 4.74 Å². The fourth-order valence-electron chi connectivity index (χ4n) is 2.68. The van der Waals surface area contributed by atoms with Crippen molar-refractivity contribution in [2.45, 2.75) is 23.5 Å². The van der Waals surface area contributed by atoms with Gasteiger partial charge in [-0.25, -0.2) is 0 Å². The molecule has 158 valence electrons. The molecule has 0 saturated heterocycles. The van der Waals surface area contributed by atoms with Crippen LogP contribution in [0.15, 0.2) is 53.7 Å². The summed E-state index contributed by atoms with van der Waals surface area (Å²) >= 11 is 1.19. The third-order valence-corrected chi connectivity index (χ3v) is 5.45. The van der Waals surface area contributed by atoms with Crippen molar-refractivity contribution >= 4 is 23.4 Å². The van der Waals surface area contributed by atoms with Crippen molar-refractivity contribution in [2.24, 2.45) is 7.05 Å². The smallest absolute Gasteiger partial charge is 0.416 e. The Balaban J connectivity index is 1.69. The first kappa shape index (κ1) is 21.7. The van der Waals surface area contributed by atoms with E-state index < -0.39 is 17.0 Å². The third-order valence-electron chi connectivity index (χ3n) is 4.31. The minimum atomic E-state index is -4.42. The van der Waals surface area contributed by atoms with Crippen molar-refractivity contribution in [3.05, 3.63) is 54.1 Å². The fraction of sp³-hybridized carbons (Fsp3) is 0.250. The minimum Gasteiger partial charge on any atom is -0.496 e. The number of benzene rings is 2. The van der Waals surface area contributed by atoms with Gasteiger partial charge in [0.25, 0.3) is 0 Å². The number of halogens is 3. The van der Waals surface area contributed by atoms with E-state index in [-0.39, 0.29) is 11.6 Å². The Bertz CT molecular complexity index is 1040. The molecule has 1 heterocycles. The summed E-state index contributed by atoms with van der Waals surface area (Å²) in [6.45, 7) is 1.68. The van der Waals surface area contributed by atoms with Crippen LogP contribution in [0.3, 0.4) is 0 Å². The molecule has 0 aliphatic rings. The summed E-state index contributed by atoms with van der Waals surface area (Å²) in [7, 11) is 3.35. The molecule has 0 bridgehead atoms. The number of para-hydroxylation sites is 1. The fourth-order valence-corrected chi connectivity index (χ4v) is 3.49. The second-order valence-corrected chi connectivity index (χ2v) is 7.70. The highest BCUT2D eigenvalue weighted by molar-refractivity contribution is 8.00. The number of aromatic nitrogens is 3. The lowest BCUT2D eigenvalue weighted by Gasteiger charge is -2.13. The van der Waals surface area contributed by atoms with Gasteiger partial charge >= 0.3 is 6.18 Å². The number of nitrogens with one attached hydrogen (secondary N) is 1.